The zero-order valence-electron chi connectivity index (χ0n) is 11.5. The molecule has 2 unspecified atom stereocenters. The minimum absolute atomic E-state index is 0.248. The van der Waals surface area contributed by atoms with Gasteiger partial charge in [0.15, 0.2) is 0 Å². The molecule has 2 amide bonds. The van der Waals surface area contributed by atoms with Crippen LogP contribution in [0.25, 0.3) is 0 Å². The van der Waals surface area contributed by atoms with Crippen LogP contribution in [-0.4, -0.2) is 24.5 Å². The summed E-state index contributed by atoms with van der Waals surface area (Å²) in [6.07, 6.45) is 0. The van der Waals surface area contributed by atoms with Crippen molar-refractivity contribution in [2.75, 3.05) is 6.61 Å². The number of carbonyl (C=O) groups is 2. The van der Waals surface area contributed by atoms with Crippen LogP contribution in [0.1, 0.15) is 31.1 Å². The van der Waals surface area contributed by atoms with E-state index in [1.54, 1.807) is 38.1 Å². The summed E-state index contributed by atoms with van der Waals surface area (Å²) in [5.74, 6) is -0.456. The highest BCUT2D eigenvalue weighted by atomic mass is 16.5. The Hall–Kier alpha value is -2.04. The molecule has 5 heteroatoms. The van der Waals surface area contributed by atoms with Gasteiger partial charge in [0.1, 0.15) is 5.75 Å². The zero-order chi connectivity index (χ0) is 14.4. The van der Waals surface area contributed by atoms with Crippen molar-refractivity contribution in [3.63, 3.8) is 0 Å². The predicted octanol–water partition coefficient (Wildman–Crippen LogP) is 1.32. The number of rotatable bonds is 6. The van der Waals surface area contributed by atoms with Crippen LogP contribution in [0.5, 0.6) is 5.75 Å². The Morgan fingerprint density at radius 2 is 2.05 bits per heavy atom. The molecule has 0 aliphatic rings. The van der Waals surface area contributed by atoms with Gasteiger partial charge in [-0.25, -0.2) is 0 Å². The van der Waals surface area contributed by atoms with Gasteiger partial charge in [-0.1, -0.05) is 13.0 Å². The lowest BCUT2D eigenvalue weighted by molar-refractivity contribution is -0.121. The van der Waals surface area contributed by atoms with Crippen molar-refractivity contribution in [1.29, 1.82) is 0 Å². The molecule has 0 aliphatic heterocycles. The summed E-state index contributed by atoms with van der Waals surface area (Å²) in [5.41, 5.74) is 5.70. The standard InChI is InChI=1S/C14H20N2O3/c1-4-19-12-7-5-6-11(8-12)14(18)16-10(3)9(2)13(15)17/h5-10H,4H2,1-3H3,(H2,15,17)(H,16,18). The normalized spacial score (nSPS) is 13.4. The van der Waals surface area contributed by atoms with E-state index in [0.29, 0.717) is 17.9 Å². The molecule has 0 radical (unpaired) electrons. The topological polar surface area (TPSA) is 81.4 Å². The van der Waals surface area contributed by atoms with Crippen molar-refractivity contribution in [3.05, 3.63) is 29.8 Å². The average molecular weight is 264 g/mol. The van der Waals surface area contributed by atoms with Crippen molar-refractivity contribution >= 4 is 11.8 Å². The highest BCUT2D eigenvalue weighted by molar-refractivity contribution is 5.95. The second-order valence-corrected chi connectivity index (χ2v) is 4.41. The smallest absolute Gasteiger partial charge is 0.251 e. The van der Waals surface area contributed by atoms with Crippen LogP contribution in [0.15, 0.2) is 24.3 Å². The summed E-state index contributed by atoms with van der Waals surface area (Å²) < 4.78 is 5.33. The van der Waals surface area contributed by atoms with Gasteiger partial charge < -0.3 is 15.8 Å². The van der Waals surface area contributed by atoms with Crippen LogP contribution in [0.2, 0.25) is 0 Å². The Morgan fingerprint density at radius 1 is 1.37 bits per heavy atom. The first-order valence-electron chi connectivity index (χ1n) is 6.28. The maximum absolute atomic E-state index is 12.0. The first-order chi connectivity index (χ1) is 8.95. The first-order valence-corrected chi connectivity index (χ1v) is 6.28. The minimum Gasteiger partial charge on any atom is -0.494 e. The van der Waals surface area contributed by atoms with E-state index in [2.05, 4.69) is 5.32 Å². The molecule has 0 heterocycles. The maximum atomic E-state index is 12.0. The lowest BCUT2D eigenvalue weighted by Crippen LogP contribution is -2.42. The number of hydrogen-bond acceptors (Lipinski definition) is 3. The maximum Gasteiger partial charge on any atom is 0.251 e. The Morgan fingerprint density at radius 3 is 2.63 bits per heavy atom. The molecule has 0 aliphatic carbocycles. The van der Waals surface area contributed by atoms with Crippen molar-refractivity contribution in [1.82, 2.24) is 5.32 Å². The summed E-state index contributed by atoms with van der Waals surface area (Å²) in [5, 5.41) is 2.75. The van der Waals surface area contributed by atoms with Crippen LogP contribution in [0.3, 0.4) is 0 Å². The summed E-state index contributed by atoms with van der Waals surface area (Å²) in [7, 11) is 0. The Balaban J connectivity index is 2.72. The Labute approximate surface area is 113 Å². The predicted molar refractivity (Wildman–Crippen MR) is 72.9 cm³/mol. The molecule has 0 aromatic heterocycles. The van der Waals surface area contributed by atoms with Crippen LogP contribution < -0.4 is 15.8 Å². The van der Waals surface area contributed by atoms with Crippen molar-refractivity contribution < 1.29 is 14.3 Å². The fourth-order valence-electron chi connectivity index (χ4n) is 1.56. The highest BCUT2D eigenvalue weighted by Gasteiger charge is 2.20. The number of carbonyl (C=O) groups excluding carboxylic acids is 2. The van der Waals surface area contributed by atoms with Gasteiger partial charge in [-0.15, -0.1) is 0 Å². The van der Waals surface area contributed by atoms with Gasteiger partial charge in [0.2, 0.25) is 5.91 Å². The molecule has 2 atom stereocenters. The van der Waals surface area contributed by atoms with Crippen LogP contribution in [-0.2, 0) is 4.79 Å². The molecule has 3 N–H and O–H groups in total. The number of amides is 2. The summed E-state index contributed by atoms with van der Waals surface area (Å²) >= 11 is 0. The van der Waals surface area contributed by atoms with Crippen molar-refractivity contribution in [2.45, 2.75) is 26.8 Å². The van der Waals surface area contributed by atoms with Gasteiger partial charge in [0.05, 0.1) is 12.5 Å². The highest BCUT2D eigenvalue weighted by Crippen LogP contribution is 2.13. The summed E-state index contributed by atoms with van der Waals surface area (Å²) in [6.45, 7) is 5.85. The molecule has 5 nitrogen and oxygen atoms in total. The van der Waals surface area contributed by atoms with E-state index in [9.17, 15) is 9.59 Å². The van der Waals surface area contributed by atoms with Crippen molar-refractivity contribution in [2.24, 2.45) is 11.7 Å². The molecule has 104 valence electrons. The van der Waals surface area contributed by atoms with Crippen LogP contribution in [0, 0.1) is 5.92 Å². The van der Waals surface area contributed by atoms with E-state index >= 15 is 0 Å². The Bertz CT molecular complexity index is 460. The number of ether oxygens (including phenoxy) is 1. The SMILES string of the molecule is CCOc1cccc(C(=O)NC(C)C(C)C(N)=O)c1. The molecule has 1 rings (SSSR count). The van der Waals surface area contributed by atoms with E-state index in [0.717, 1.165) is 0 Å². The summed E-state index contributed by atoms with van der Waals surface area (Å²) in [6, 6.07) is 6.58. The lowest BCUT2D eigenvalue weighted by Gasteiger charge is -2.18. The molecular weight excluding hydrogens is 244 g/mol. The third kappa shape index (κ3) is 4.28. The lowest BCUT2D eigenvalue weighted by atomic mass is 10.0. The molecule has 0 bridgehead atoms. The van der Waals surface area contributed by atoms with E-state index in [1.165, 1.54) is 0 Å². The summed E-state index contributed by atoms with van der Waals surface area (Å²) in [4.78, 5) is 23.1. The fraction of sp³-hybridized carbons (Fsp3) is 0.429. The monoisotopic (exact) mass is 264 g/mol. The minimum atomic E-state index is -0.434. The van der Waals surface area contributed by atoms with Gasteiger partial charge in [-0.05, 0) is 32.0 Å². The molecule has 1 aromatic carbocycles. The largest absolute Gasteiger partial charge is 0.494 e. The molecule has 0 spiro atoms. The average Bonchev–Trinajstić information content (AvgIpc) is 2.38. The molecule has 0 saturated carbocycles. The van der Waals surface area contributed by atoms with E-state index < -0.39 is 11.8 Å². The van der Waals surface area contributed by atoms with Crippen molar-refractivity contribution in [3.8, 4) is 5.75 Å². The van der Waals surface area contributed by atoms with E-state index in [4.69, 9.17) is 10.5 Å². The van der Waals surface area contributed by atoms with Gasteiger partial charge >= 0.3 is 0 Å². The second kappa shape index (κ2) is 6.78. The fourth-order valence-corrected chi connectivity index (χ4v) is 1.56. The van der Waals surface area contributed by atoms with Gasteiger partial charge in [0, 0.05) is 11.6 Å². The number of primary amides is 1. The third-order valence-corrected chi connectivity index (χ3v) is 2.96. The molecule has 1 aromatic rings. The van der Waals surface area contributed by atoms with E-state index in [-0.39, 0.29) is 11.9 Å². The quantitative estimate of drug-likeness (QED) is 0.813. The van der Waals surface area contributed by atoms with E-state index in [1.807, 2.05) is 6.92 Å². The number of nitrogens with two attached hydrogens (primary N) is 1. The second-order valence-electron chi connectivity index (χ2n) is 4.41. The third-order valence-electron chi connectivity index (χ3n) is 2.96. The van der Waals surface area contributed by atoms with Gasteiger partial charge in [-0.3, -0.25) is 9.59 Å². The molecule has 0 saturated heterocycles. The van der Waals surface area contributed by atoms with Gasteiger partial charge in [-0.2, -0.15) is 0 Å². The number of hydrogen-bond donors (Lipinski definition) is 2. The van der Waals surface area contributed by atoms with Gasteiger partial charge in [0.25, 0.3) is 5.91 Å². The first kappa shape index (κ1) is 15.0. The molecular formula is C14H20N2O3. The number of benzene rings is 1. The Kier molecular flexibility index (Phi) is 5.36. The molecule has 19 heavy (non-hydrogen) atoms. The molecule has 0 fully saturated rings. The van der Waals surface area contributed by atoms with Crippen LogP contribution in [0.4, 0.5) is 0 Å². The zero-order valence-corrected chi connectivity index (χ0v) is 11.5. The number of nitrogens with one attached hydrogen (secondary N) is 1. The van der Waals surface area contributed by atoms with Crippen LogP contribution >= 0.6 is 0 Å².